The molecule has 6 aromatic carbocycles. The molecule has 0 N–H and O–H groups in total. The summed E-state index contributed by atoms with van der Waals surface area (Å²) in [4.78, 5) is 10.4. The first-order valence-electron chi connectivity index (χ1n) is 17.2. The van der Waals surface area contributed by atoms with Crippen molar-refractivity contribution in [2.45, 2.75) is 0 Å². The van der Waals surface area contributed by atoms with Crippen LogP contribution in [-0.2, 0) is 0 Å². The molecule has 5 heterocycles. The Hall–Kier alpha value is -6.56. The van der Waals surface area contributed by atoms with E-state index < -0.39 is 0 Å². The zero-order valence-electron chi connectivity index (χ0n) is 27.4. The average molecular weight is 669 g/mol. The van der Waals surface area contributed by atoms with E-state index in [1.54, 1.807) is 11.3 Å². The highest BCUT2D eigenvalue weighted by Gasteiger charge is 2.18. The molecule has 0 atom stereocenters. The van der Waals surface area contributed by atoms with E-state index in [-0.39, 0.29) is 0 Å². The van der Waals surface area contributed by atoms with Crippen LogP contribution in [0.5, 0.6) is 0 Å². The summed E-state index contributed by atoms with van der Waals surface area (Å²) in [5.74, 6) is 0. The Morgan fingerprint density at radius 2 is 1.08 bits per heavy atom. The molecule has 11 aromatic rings. The number of hydrogen-bond acceptors (Lipinski definition) is 3. The largest absolute Gasteiger partial charge is 0.309 e. The maximum atomic E-state index is 5.26. The van der Waals surface area contributed by atoms with Gasteiger partial charge in [0, 0.05) is 50.2 Å². The van der Waals surface area contributed by atoms with Gasteiger partial charge in [-0.3, -0.25) is 4.98 Å². The number of para-hydroxylation sites is 4. The van der Waals surface area contributed by atoms with Crippen molar-refractivity contribution in [1.82, 2.24) is 19.1 Å². The van der Waals surface area contributed by atoms with Gasteiger partial charge in [0.2, 0.25) is 0 Å². The summed E-state index contributed by atoms with van der Waals surface area (Å²) in [6.45, 7) is 0. The Labute approximate surface area is 297 Å². The SMILES string of the molecule is c1ccc(-n2c3ccccc3c3ccc(-c4ccc5sc6cc(-c7cccc8c7c7ccccc7n8-c7ccccc7)cnc6c5n4)cc32)cc1. The van der Waals surface area contributed by atoms with Crippen LogP contribution in [-0.4, -0.2) is 19.1 Å². The van der Waals surface area contributed by atoms with Crippen LogP contribution in [0, 0.1) is 0 Å². The molecular formula is C46H28N4S. The van der Waals surface area contributed by atoms with Gasteiger partial charge in [0.1, 0.15) is 11.0 Å². The van der Waals surface area contributed by atoms with Crippen LogP contribution in [0.1, 0.15) is 0 Å². The Kier molecular flexibility index (Phi) is 6.09. The number of aromatic nitrogens is 4. The van der Waals surface area contributed by atoms with Crippen molar-refractivity contribution in [3.63, 3.8) is 0 Å². The molecule has 0 spiro atoms. The van der Waals surface area contributed by atoms with E-state index >= 15 is 0 Å². The molecule has 0 aliphatic rings. The van der Waals surface area contributed by atoms with E-state index in [1.807, 2.05) is 6.20 Å². The predicted octanol–water partition coefficient (Wildman–Crippen LogP) is 12.4. The number of thiophene rings is 1. The number of nitrogens with zero attached hydrogens (tertiary/aromatic N) is 4. The van der Waals surface area contributed by atoms with Crippen molar-refractivity contribution in [2.75, 3.05) is 0 Å². The Morgan fingerprint density at radius 3 is 1.86 bits per heavy atom. The van der Waals surface area contributed by atoms with Gasteiger partial charge in [-0.05, 0) is 72.3 Å². The lowest BCUT2D eigenvalue weighted by Gasteiger charge is -2.09. The van der Waals surface area contributed by atoms with Crippen LogP contribution >= 0.6 is 11.3 Å². The topological polar surface area (TPSA) is 35.6 Å². The van der Waals surface area contributed by atoms with Gasteiger partial charge in [-0.2, -0.15) is 0 Å². The summed E-state index contributed by atoms with van der Waals surface area (Å²) in [6, 6.07) is 58.5. The van der Waals surface area contributed by atoms with E-state index in [2.05, 4.69) is 173 Å². The fourth-order valence-corrected chi connectivity index (χ4v) is 8.97. The van der Waals surface area contributed by atoms with E-state index in [4.69, 9.17) is 9.97 Å². The summed E-state index contributed by atoms with van der Waals surface area (Å²) < 4.78 is 6.99. The Bertz CT molecular complexity index is 3130. The molecule has 0 aliphatic heterocycles. The summed E-state index contributed by atoms with van der Waals surface area (Å²) >= 11 is 1.76. The molecule has 11 rings (SSSR count). The van der Waals surface area contributed by atoms with Crippen molar-refractivity contribution in [3.8, 4) is 33.8 Å². The summed E-state index contributed by atoms with van der Waals surface area (Å²) in [5.41, 5.74) is 13.3. The van der Waals surface area contributed by atoms with Crippen molar-refractivity contribution in [1.29, 1.82) is 0 Å². The van der Waals surface area contributed by atoms with Gasteiger partial charge in [-0.1, -0.05) is 97.1 Å². The van der Waals surface area contributed by atoms with Gasteiger partial charge in [0.05, 0.1) is 37.2 Å². The Balaban J connectivity index is 1.06. The second-order valence-corrected chi connectivity index (χ2v) is 14.1. The lowest BCUT2D eigenvalue weighted by molar-refractivity contribution is 1.18. The first-order chi connectivity index (χ1) is 25.3. The van der Waals surface area contributed by atoms with Crippen LogP contribution in [0.25, 0.3) is 97.8 Å². The molecule has 51 heavy (non-hydrogen) atoms. The third-order valence-corrected chi connectivity index (χ3v) is 11.2. The van der Waals surface area contributed by atoms with Crippen LogP contribution in [0.15, 0.2) is 170 Å². The van der Waals surface area contributed by atoms with Crippen molar-refractivity contribution < 1.29 is 0 Å². The van der Waals surface area contributed by atoms with Gasteiger partial charge in [0.15, 0.2) is 0 Å². The molecule has 0 saturated heterocycles. The number of benzene rings is 6. The molecule has 5 heteroatoms. The molecule has 238 valence electrons. The third-order valence-electron chi connectivity index (χ3n) is 10.2. The van der Waals surface area contributed by atoms with Gasteiger partial charge in [0.25, 0.3) is 0 Å². The second-order valence-electron chi connectivity index (χ2n) is 13.0. The molecule has 0 aliphatic carbocycles. The Morgan fingerprint density at radius 1 is 0.431 bits per heavy atom. The van der Waals surface area contributed by atoms with E-state index in [9.17, 15) is 0 Å². The normalized spacial score (nSPS) is 11.9. The van der Waals surface area contributed by atoms with Crippen LogP contribution in [0.2, 0.25) is 0 Å². The van der Waals surface area contributed by atoms with E-state index in [0.29, 0.717) is 0 Å². The quantitative estimate of drug-likeness (QED) is 0.187. The fraction of sp³-hybridized carbons (Fsp3) is 0. The highest BCUT2D eigenvalue weighted by molar-refractivity contribution is 7.25. The van der Waals surface area contributed by atoms with Crippen LogP contribution in [0.3, 0.4) is 0 Å². The summed E-state index contributed by atoms with van der Waals surface area (Å²) in [5, 5.41) is 4.95. The highest BCUT2D eigenvalue weighted by atomic mass is 32.1. The predicted molar refractivity (Wildman–Crippen MR) is 214 cm³/mol. The zero-order valence-corrected chi connectivity index (χ0v) is 28.2. The van der Waals surface area contributed by atoms with Crippen molar-refractivity contribution in [3.05, 3.63) is 170 Å². The number of pyridine rings is 2. The zero-order chi connectivity index (χ0) is 33.5. The summed E-state index contributed by atoms with van der Waals surface area (Å²) in [6.07, 6.45) is 2.02. The highest BCUT2D eigenvalue weighted by Crippen LogP contribution is 2.41. The van der Waals surface area contributed by atoms with Gasteiger partial charge in [-0.15, -0.1) is 11.3 Å². The number of hydrogen-bond donors (Lipinski definition) is 0. The minimum absolute atomic E-state index is 0.943. The van der Waals surface area contributed by atoms with Gasteiger partial charge in [-0.25, -0.2) is 4.98 Å². The first-order valence-corrected chi connectivity index (χ1v) is 18.0. The van der Waals surface area contributed by atoms with Crippen molar-refractivity contribution in [2.24, 2.45) is 0 Å². The molecule has 0 saturated carbocycles. The average Bonchev–Trinajstić information content (AvgIpc) is 3.85. The van der Waals surface area contributed by atoms with E-state index in [1.165, 1.54) is 49.2 Å². The maximum Gasteiger partial charge on any atom is 0.108 e. The van der Waals surface area contributed by atoms with E-state index in [0.717, 1.165) is 48.6 Å². The van der Waals surface area contributed by atoms with Gasteiger partial charge >= 0.3 is 0 Å². The molecule has 0 bridgehead atoms. The molecular weight excluding hydrogens is 641 g/mol. The molecule has 0 amide bonds. The maximum absolute atomic E-state index is 5.26. The molecule has 0 radical (unpaired) electrons. The minimum Gasteiger partial charge on any atom is -0.309 e. The number of fused-ring (bicyclic) bond motifs is 9. The molecule has 0 fully saturated rings. The lowest BCUT2D eigenvalue weighted by Crippen LogP contribution is -1.93. The monoisotopic (exact) mass is 668 g/mol. The smallest absolute Gasteiger partial charge is 0.108 e. The lowest BCUT2D eigenvalue weighted by atomic mass is 10.0. The van der Waals surface area contributed by atoms with Gasteiger partial charge < -0.3 is 9.13 Å². The number of rotatable bonds is 4. The van der Waals surface area contributed by atoms with Crippen LogP contribution in [0.4, 0.5) is 0 Å². The van der Waals surface area contributed by atoms with Crippen molar-refractivity contribution >= 4 is 75.4 Å². The third kappa shape index (κ3) is 4.25. The van der Waals surface area contributed by atoms with Crippen LogP contribution < -0.4 is 0 Å². The molecule has 4 nitrogen and oxygen atoms in total. The fourth-order valence-electron chi connectivity index (χ4n) is 7.93. The minimum atomic E-state index is 0.943. The molecule has 0 unspecified atom stereocenters. The molecule has 5 aromatic heterocycles. The standard InChI is InChI=1S/C46H28N4S/c1-3-12-31(13-4-1)49-39-20-10-8-17-36(39)44-33(18-11-21-40(44)49)30-27-43-45(47-28-30)46-42(51-43)25-24-37(48-46)29-22-23-35-34-16-7-9-19-38(34)50(41(35)26-29)32-14-5-2-6-15-32/h1-28H. The first kappa shape index (κ1) is 28.3. The second kappa shape index (κ2) is 11.0. The summed E-state index contributed by atoms with van der Waals surface area (Å²) in [7, 11) is 0.